The van der Waals surface area contributed by atoms with Crippen molar-refractivity contribution in [3.63, 3.8) is 0 Å². The van der Waals surface area contributed by atoms with Crippen LogP contribution in [0.1, 0.15) is 53.4 Å². The molecule has 0 N–H and O–H groups in total. The fraction of sp³-hybridized carbons (Fsp3) is 0.389. The summed E-state index contributed by atoms with van der Waals surface area (Å²) in [7, 11) is 0. The first-order chi connectivity index (χ1) is 11.3. The van der Waals surface area contributed by atoms with Gasteiger partial charge in [-0.15, -0.1) is 0 Å². The predicted molar refractivity (Wildman–Crippen MR) is 89.6 cm³/mol. The Morgan fingerprint density at radius 2 is 2.00 bits per heavy atom. The molecule has 0 unspecified atom stereocenters. The molecule has 0 saturated heterocycles. The van der Waals surface area contributed by atoms with E-state index < -0.39 is 0 Å². The molecular formula is C18H16N4S. The van der Waals surface area contributed by atoms with E-state index >= 15 is 0 Å². The third-order valence-corrected chi connectivity index (χ3v) is 5.94. The van der Waals surface area contributed by atoms with Crippen LogP contribution in [0.25, 0.3) is 16.2 Å². The van der Waals surface area contributed by atoms with Crippen LogP contribution in [0.3, 0.4) is 0 Å². The quantitative estimate of drug-likeness (QED) is 0.714. The number of nitriles is 1. The highest BCUT2D eigenvalue weighted by molar-refractivity contribution is 7.16. The number of nitrogens with zero attached hydrogens (tertiary/aromatic N) is 4. The molecule has 0 amide bonds. The van der Waals surface area contributed by atoms with E-state index in [1.807, 2.05) is 0 Å². The van der Waals surface area contributed by atoms with Crippen molar-refractivity contribution in [3.05, 3.63) is 40.0 Å². The van der Waals surface area contributed by atoms with Gasteiger partial charge in [-0.25, -0.2) is 4.98 Å². The summed E-state index contributed by atoms with van der Waals surface area (Å²) in [6, 6.07) is 8.86. The maximum absolute atomic E-state index is 9.62. The van der Waals surface area contributed by atoms with E-state index in [2.05, 4.69) is 29.4 Å². The minimum absolute atomic E-state index is 0.568. The van der Waals surface area contributed by atoms with Crippen molar-refractivity contribution in [1.29, 1.82) is 5.26 Å². The summed E-state index contributed by atoms with van der Waals surface area (Å²) in [5.74, 6) is 0.598. The maximum atomic E-state index is 9.62. The lowest BCUT2D eigenvalue weighted by Gasteiger charge is -2.16. The Morgan fingerprint density at radius 3 is 2.78 bits per heavy atom. The summed E-state index contributed by atoms with van der Waals surface area (Å²) in [6.07, 6.45) is 7.28. The normalized spacial score (nSPS) is 17.2. The maximum Gasteiger partial charge on any atom is 0.214 e. The van der Waals surface area contributed by atoms with Gasteiger partial charge in [0.25, 0.3) is 0 Å². The van der Waals surface area contributed by atoms with Crippen LogP contribution < -0.4 is 0 Å². The molecule has 5 rings (SSSR count). The summed E-state index contributed by atoms with van der Waals surface area (Å²) >= 11 is 1.63. The van der Waals surface area contributed by atoms with Gasteiger partial charge in [0.15, 0.2) is 5.69 Å². The number of fused-ring (bicyclic) bond motifs is 2. The predicted octanol–water partition coefficient (Wildman–Crippen LogP) is 4.09. The van der Waals surface area contributed by atoms with E-state index in [9.17, 15) is 5.26 Å². The van der Waals surface area contributed by atoms with E-state index in [0.717, 1.165) is 27.6 Å². The van der Waals surface area contributed by atoms with Crippen LogP contribution in [0.15, 0.2) is 18.2 Å². The minimum atomic E-state index is 0.568. The van der Waals surface area contributed by atoms with Gasteiger partial charge in [-0.2, -0.15) is 14.9 Å². The Morgan fingerprint density at radius 1 is 1.17 bits per heavy atom. The van der Waals surface area contributed by atoms with E-state index in [4.69, 9.17) is 4.98 Å². The lowest BCUT2D eigenvalue weighted by Crippen LogP contribution is -2.02. The number of aromatic nitrogens is 3. The summed E-state index contributed by atoms with van der Waals surface area (Å²) in [6.45, 7) is 0. The molecule has 0 spiro atoms. The molecule has 5 heteroatoms. The number of hydrogen-bond donors (Lipinski definition) is 0. The van der Waals surface area contributed by atoms with Crippen molar-refractivity contribution in [1.82, 2.24) is 14.6 Å². The molecule has 4 nitrogen and oxygen atoms in total. The number of hydrogen-bond acceptors (Lipinski definition) is 4. The second-order valence-electron chi connectivity index (χ2n) is 6.52. The van der Waals surface area contributed by atoms with E-state index in [0.29, 0.717) is 11.6 Å². The largest absolute Gasteiger partial charge is 0.216 e. The molecule has 3 aromatic rings. The molecule has 23 heavy (non-hydrogen) atoms. The van der Waals surface area contributed by atoms with Crippen molar-refractivity contribution >= 4 is 16.3 Å². The Kier molecular flexibility index (Phi) is 2.83. The average molecular weight is 320 g/mol. The fourth-order valence-corrected chi connectivity index (χ4v) is 4.51. The minimum Gasteiger partial charge on any atom is -0.216 e. The van der Waals surface area contributed by atoms with Gasteiger partial charge in [0, 0.05) is 11.5 Å². The zero-order valence-electron chi connectivity index (χ0n) is 12.7. The van der Waals surface area contributed by atoms with Gasteiger partial charge < -0.3 is 0 Å². The fourth-order valence-electron chi connectivity index (χ4n) is 3.44. The second-order valence-corrected chi connectivity index (χ2v) is 7.51. The molecule has 2 aliphatic rings. The molecule has 0 bridgehead atoms. The van der Waals surface area contributed by atoms with Crippen molar-refractivity contribution in [2.24, 2.45) is 0 Å². The summed E-state index contributed by atoms with van der Waals surface area (Å²) < 4.78 is 1.74. The van der Waals surface area contributed by atoms with E-state index in [1.54, 1.807) is 15.9 Å². The molecule has 2 heterocycles. The molecule has 1 aromatic carbocycles. The van der Waals surface area contributed by atoms with Crippen LogP contribution in [0, 0.1) is 11.3 Å². The Bertz CT molecular complexity index is 955. The molecule has 2 aromatic heterocycles. The van der Waals surface area contributed by atoms with Crippen molar-refractivity contribution in [3.8, 4) is 17.3 Å². The van der Waals surface area contributed by atoms with Crippen LogP contribution in [0.5, 0.6) is 0 Å². The Labute approximate surface area is 138 Å². The number of aryl methyl sites for hydroxylation is 2. The molecule has 0 atom stereocenters. The molecule has 2 aliphatic carbocycles. The van der Waals surface area contributed by atoms with Crippen LogP contribution in [0.4, 0.5) is 0 Å². The lowest BCUT2D eigenvalue weighted by molar-refractivity contribution is 0.686. The molecule has 1 saturated carbocycles. The first-order valence-electron chi connectivity index (χ1n) is 8.25. The highest BCUT2D eigenvalue weighted by Gasteiger charge is 2.29. The van der Waals surface area contributed by atoms with Crippen LogP contribution in [0.2, 0.25) is 0 Å². The standard InChI is InChI=1S/C18H16N4S/c19-10-15-16(14-8-5-11-3-1-2-4-13(11)9-14)20-18-22(15)21-17(23-18)12-6-7-12/h5,8-9,12H,1-4,6-7H2. The zero-order chi connectivity index (χ0) is 15.4. The van der Waals surface area contributed by atoms with Crippen molar-refractivity contribution in [2.45, 2.75) is 44.4 Å². The molecule has 1 fully saturated rings. The Balaban J connectivity index is 1.64. The molecular weight excluding hydrogens is 304 g/mol. The lowest BCUT2D eigenvalue weighted by atomic mass is 9.90. The monoisotopic (exact) mass is 320 g/mol. The number of benzene rings is 1. The van der Waals surface area contributed by atoms with E-state index in [-0.39, 0.29) is 0 Å². The first-order valence-corrected chi connectivity index (χ1v) is 9.07. The summed E-state index contributed by atoms with van der Waals surface area (Å²) in [4.78, 5) is 5.57. The van der Waals surface area contributed by atoms with Crippen LogP contribution in [-0.2, 0) is 12.8 Å². The van der Waals surface area contributed by atoms with Crippen molar-refractivity contribution < 1.29 is 0 Å². The van der Waals surface area contributed by atoms with Gasteiger partial charge in [0.1, 0.15) is 16.8 Å². The number of rotatable bonds is 2. The third-order valence-electron chi connectivity index (χ3n) is 4.87. The van der Waals surface area contributed by atoms with Gasteiger partial charge in [-0.3, -0.25) is 0 Å². The van der Waals surface area contributed by atoms with Crippen LogP contribution >= 0.6 is 11.3 Å². The highest BCUT2D eigenvalue weighted by atomic mass is 32.1. The topological polar surface area (TPSA) is 54.0 Å². The van der Waals surface area contributed by atoms with Gasteiger partial charge >= 0.3 is 0 Å². The molecule has 114 valence electrons. The number of imidazole rings is 1. The Hall–Kier alpha value is -2.19. The van der Waals surface area contributed by atoms with Crippen LogP contribution in [-0.4, -0.2) is 14.6 Å². The molecule has 0 aliphatic heterocycles. The van der Waals surface area contributed by atoms with Gasteiger partial charge in [-0.05, 0) is 55.7 Å². The smallest absolute Gasteiger partial charge is 0.214 e. The summed E-state index contributed by atoms with van der Waals surface area (Å²) in [5, 5.41) is 15.4. The van der Waals surface area contributed by atoms with Gasteiger partial charge in [0.05, 0.1) is 0 Å². The van der Waals surface area contributed by atoms with Crippen molar-refractivity contribution in [2.75, 3.05) is 0 Å². The van der Waals surface area contributed by atoms with Gasteiger partial charge in [-0.1, -0.05) is 23.5 Å². The molecule has 0 radical (unpaired) electrons. The van der Waals surface area contributed by atoms with Gasteiger partial charge in [0.2, 0.25) is 4.96 Å². The third kappa shape index (κ3) is 2.09. The highest BCUT2D eigenvalue weighted by Crippen LogP contribution is 2.42. The SMILES string of the molecule is N#Cc1c(-c2ccc3c(c2)CCCC3)nc2sc(C3CC3)nn12. The van der Waals surface area contributed by atoms with E-state index in [1.165, 1.54) is 43.2 Å². The average Bonchev–Trinajstić information content (AvgIpc) is 3.26. The summed E-state index contributed by atoms with van der Waals surface area (Å²) in [5.41, 5.74) is 5.27. The zero-order valence-corrected chi connectivity index (χ0v) is 13.6. The first kappa shape index (κ1) is 13.3. The second kappa shape index (κ2) is 4.90.